The number of hydrogen-bond acceptors (Lipinski definition) is 3. The van der Waals surface area contributed by atoms with Crippen LogP contribution in [0.5, 0.6) is 5.75 Å². The molecule has 0 heterocycles. The van der Waals surface area contributed by atoms with E-state index in [2.05, 4.69) is 31.9 Å². The van der Waals surface area contributed by atoms with E-state index in [0.29, 0.717) is 5.75 Å². The predicted molar refractivity (Wildman–Crippen MR) is 68.6 cm³/mol. The first-order valence-electron chi connectivity index (χ1n) is 4.77. The quantitative estimate of drug-likeness (QED) is 0.778. The fraction of sp³-hybridized carbons (Fsp3) is 0.364. The Labute approximate surface area is 111 Å². The van der Waals surface area contributed by atoms with Crippen molar-refractivity contribution in [2.75, 3.05) is 6.61 Å². The number of halogens is 2. The molecule has 0 aliphatic carbocycles. The molecule has 0 aromatic heterocycles. The Kier molecular flexibility index (Phi) is 5.28. The van der Waals surface area contributed by atoms with Gasteiger partial charge >= 0.3 is 5.97 Å². The largest absolute Gasteiger partial charge is 0.480 e. The van der Waals surface area contributed by atoms with Crippen LogP contribution in [0.1, 0.15) is 13.8 Å². The summed E-state index contributed by atoms with van der Waals surface area (Å²) < 4.78 is 11.9. The average Bonchev–Trinajstić information content (AvgIpc) is 2.15. The van der Waals surface area contributed by atoms with Gasteiger partial charge in [-0.25, -0.2) is 4.79 Å². The predicted octanol–water partition coefficient (Wildman–Crippen LogP) is 3.54. The molecular formula is C11H12Br2O3. The summed E-state index contributed by atoms with van der Waals surface area (Å²) in [6.07, 6.45) is -0.126. The second kappa shape index (κ2) is 6.25. The lowest BCUT2D eigenvalue weighted by molar-refractivity contribution is -0.149. The van der Waals surface area contributed by atoms with Crippen molar-refractivity contribution in [2.45, 2.75) is 20.0 Å². The number of benzene rings is 1. The molecule has 0 N–H and O–H groups in total. The number of carbonyl (C=O) groups excluding carboxylic acids is 1. The smallest absolute Gasteiger partial charge is 0.344 e. The van der Waals surface area contributed by atoms with E-state index in [1.807, 2.05) is 18.2 Å². The van der Waals surface area contributed by atoms with Gasteiger partial charge in [0.15, 0.2) is 6.61 Å². The van der Waals surface area contributed by atoms with Crippen LogP contribution in [-0.2, 0) is 9.53 Å². The molecule has 5 heteroatoms. The number of para-hydroxylation sites is 1. The molecule has 1 rings (SSSR count). The molecule has 0 saturated heterocycles. The lowest BCUT2D eigenvalue weighted by Gasteiger charge is -2.11. The highest BCUT2D eigenvalue weighted by Crippen LogP contribution is 2.32. The molecule has 88 valence electrons. The number of rotatable bonds is 4. The Morgan fingerprint density at radius 2 is 1.88 bits per heavy atom. The van der Waals surface area contributed by atoms with Gasteiger partial charge in [0.05, 0.1) is 15.0 Å². The maximum absolute atomic E-state index is 11.3. The molecule has 16 heavy (non-hydrogen) atoms. The summed E-state index contributed by atoms with van der Waals surface area (Å²) in [7, 11) is 0. The monoisotopic (exact) mass is 350 g/mol. The van der Waals surface area contributed by atoms with Crippen LogP contribution in [0, 0.1) is 0 Å². The number of hydrogen-bond donors (Lipinski definition) is 0. The van der Waals surface area contributed by atoms with Crippen LogP contribution in [0.25, 0.3) is 0 Å². The second-order valence-electron chi connectivity index (χ2n) is 3.38. The zero-order chi connectivity index (χ0) is 12.1. The summed E-state index contributed by atoms with van der Waals surface area (Å²) in [4.78, 5) is 11.3. The average molecular weight is 352 g/mol. The minimum absolute atomic E-state index is 0.0978. The lowest BCUT2D eigenvalue weighted by atomic mass is 10.3. The van der Waals surface area contributed by atoms with Gasteiger partial charge in [0.25, 0.3) is 0 Å². The van der Waals surface area contributed by atoms with E-state index in [1.165, 1.54) is 0 Å². The van der Waals surface area contributed by atoms with E-state index in [1.54, 1.807) is 13.8 Å². The van der Waals surface area contributed by atoms with E-state index in [4.69, 9.17) is 9.47 Å². The Morgan fingerprint density at radius 3 is 2.38 bits per heavy atom. The van der Waals surface area contributed by atoms with E-state index in [-0.39, 0.29) is 18.7 Å². The van der Waals surface area contributed by atoms with Gasteiger partial charge in [-0.2, -0.15) is 0 Å². The third kappa shape index (κ3) is 4.14. The highest BCUT2D eigenvalue weighted by molar-refractivity contribution is 9.11. The highest BCUT2D eigenvalue weighted by Gasteiger charge is 2.10. The van der Waals surface area contributed by atoms with E-state index in [9.17, 15) is 4.79 Å². The highest BCUT2D eigenvalue weighted by atomic mass is 79.9. The van der Waals surface area contributed by atoms with Crippen molar-refractivity contribution in [2.24, 2.45) is 0 Å². The Morgan fingerprint density at radius 1 is 1.31 bits per heavy atom. The first kappa shape index (κ1) is 13.5. The van der Waals surface area contributed by atoms with Gasteiger partial charge in [-0.15, -0.1) is 0 Å². The van der Waals surface area contributed by atoms with Crippen molar-refractivity contribution in [1.82, 2.24) is 0 Å². The molecule has 0 spiro atoms. The van der Waals surface area contributed by atoms with Crippen molar-refractivity contribution >= 4 is 37.8 Å². The van der Waals surface area contributed by atoms with Gasteiger partial charge in [0.2, 0.25) is 0 Å². The maximum Gasteiger partial charge on any atom is 0.344 e. The topological polar surface area (TPSA) is 35.5 Å². The zero-order valence-corrected chi connectivity index (χ0v) is 12.2. The van der Waals surface area contributed by atoms with Crippen LogP contribution in [0.4, 0.5) is 0 Å². The number of carbonyl (C=O) groups is 1. The molecule has 0 unspecified atom stereocenters. The van der Waals surface area contributed by atoms with E-state index in [0.717, 1.165) is 8.95 Å². The fourth-order valence-corrected chi connectivity index (χ4v) is 2.28. The minimum Gasteiger partial charge on any atom is -0.480 e. The van der Waals surface area contributed by atoms with E-state index < -0.39 is 0 Å². The van der Waals surface area contributed by atoms with Gasteiger partial charge < -0.3 is 9.47 Å². The van der Waals surface area contributed by atoms with Crippen molar-refractivity contribution in [3.8, 4) is 5.75 Å². The summed E-state index contributed by atoms with van der Waals surface area (Å²) >= 11 is 6.68. The molecule has 1 aromatic rings. The molecule has 0 radical (unpaired) electrons. The van der Waals surface area contributed by atoms with Crippen molar-refractivity contribution < 1.29 is 14.3 Å². The molecule has 0 saturated carbocycles. The molecule has 1 aromatic carbocycles. The lowest BCUT2D eigenvalue weighted by Crippen LogP contribution is -2.18. The fourth-order valence-electron chi connectivity index (χ4n) is 1.05. The summed E-state index contributed by atoms with van der Waals surface area (Å²) in [5.41, 5.74) is 0. The van der Waals surface area contributed by atoms with Crippen LogP contribution < -0.4 is 4.74 Å². The normalized spacial score (nSPS) is 10.3. The summed E-state index contributed by atoms with van der Waals surface area (Å²) in [6, 6.07) is 5.55. The van der Waals surface area contributed by atoms with Crippen LogP contribution in [-0.4, -0.2) is 18.7 Å². The van der Waals surface area contributed by atoms with Crippen molar-refractivity contribution in [3.05, 3.63) is 27.1 Å². The first-order chi connectivity index (χ1) is 7.50. The van der Waals surface area contributed by atoms with Crippen LogP contribution in [0.2, 0.25) is 0 Å². The third-order valence-corrected chi connectivity index (χ3v) is 2.87. The second-order valence-corrected chi connectivity index (χ2v) is 5.09. The Bertz CT molecular complexity index is 357. The molecule has 0 atom stereocenters. The van der Waals surface area contributed by atoms with Crippen LogP contribution in [0.15, 0.2) is 27.1 Å². The molecule has 0 fully saturated rings. The van der Waals surface area contributed by atoms with Gasteiger partial charge in [-0.3, -0.25) is 0 Å². The standard InChI is InChI=1S/C11H12Br2O3/c1-7(2)16-10(14)6-15-11-8(12)4-3-5-9(11)13/h3-5,7H,6H2,1-2H3. The van der Waals surface area contributed by atoms with Crippen molar-refractivity contribution in [1.29, 1.82) is 0 Å². The summed E-state index contributed by atoms with van der Waals surface area (Å²) in [5.74, 6) is 0.223. The maximum atomic E-state index is 11.3. The van der Waals surface area contributed by atoms with Gasteiger partial charge in [0.1, 0.15) is 5.75 Å². The number of esters is 1. The molecule has 0 aliphatic heterocycles. The third-order valence-electron chi connectivity index (χ3n) is 1.62. The summed E-state index contributed by atoms with van der Waals surface area (Å²) in [6.45, 7) is 3.50. The van der Waals surface area contributed by atoms with Gasteiger partial charge in [0, 0.05) is 0 Å². The first-order valence-corrected chi connectivity index (χ1v) is 6.35. The molecule has 0 aliphatic rings. The molecular weight excluding hydrogens is 340 g/mol. The SMILES string of the molecule is CC(C)OC(=O)COc1c(Br)cccc1Br. The molecule has 0 amide bonds. The minimum atomic E-state index is -0.377. The van der Waals surface area contributed by atoms with Gasteiger partial charge in [-0.1, -0.05) is 6.07 Å². The zero-order valence-electron chi connectivity index (χ0n) is 9.00. The van der Waals surface area contributed by atoms with Gasteiger partial charge in [-0.05, 0) is 57.8 Å². The Balaban J connectivity index is 2.58. The van der Waals surface area contributed by atoms with Crippen molar-refractivity contribution in [3.63, 3.8) is 0 Å². The molecule has 0 bridgehead atoms. The summed E-state index contributed by atoms with van der Waals surface area (Å²) in [5, 5.41) is 0. The number of ether oxygens (including phenoxy) is 2. The Hall–Kier alpha value is -0.550. The molecule has 3 nitrogen and oxygen atoms in total. The van der Waals surface area contributed by atoms with E-state index >= 15 is 0 Å². The van der Waals surface area contributed by atoms with Crippen LogP contribution in [0.3, 0.4) is 0 Å². The van der Waals surface area contributed by atoms with Crippen LogP contribution >= 0.6 is 31.9 Å².